The van der Waals surface area contributed by atoms with Gasteiger partial charge >= 0.3 is 0 Å². The van der Waals surface area contributed by atoms with Crippen LogP contribution in [0.4, 0.5) is 5.69 Å². The van der Waals surface area contributed by atoms with Crippen molar-refractivity contribution in [2.75, 3.05) is 11.9 Å². The summed E-state index contributed by atoms with van der Waals surface area (Å²) in [7, 11) is 2.12. The van der Waals surface area contributed by atoms with Crippen molar-refractivity contribution in [3.05, 3.63) is 29.8 Å². The molecule has 2 unspecified atom stereocenters. The molecule has 0 aliphatic heterocycles. The first-order valence-electron chi connectivity index (χ1n) is 6.51. The molecule has 17 heavy (non-hydrogen) atoms. The Kier molecular flexibility index (Phi) is 3.82. The minimum Gasteiger partial charge on any atom is -0.371 e. The molecule has 0 amide bonds. The Morgan fingerprint density at radius 2 is 1.94 bits per heavy atom. The van der Waals surface area contributed by atoms with Crippen LogP contribution < -0.4 is 4.90 Å². The first kappa shape index (κ1) is 12.2. The number of hydrogen-bond acceptors (Lipinski definition) is 2. The lowest BCUT2D eigenvalue weighted by Crippen LogP contribution is -2.39. The first-order valence-corrected chi connectivity index (χ1v) is 6.51. The highest BCUT2D eigenvalue weighted by atomic mass is 16.1. The number of rotatable bonds is 3. The molecule has 0 radical (unpaired) electrons. The van der Waals surface area contributed by atoms with Crippen molar-refractivity contribution in [3.8, 4) is 0 Å². The lowest BCUT2D eigenvalue weighted by molar-refractivity contribution is 0.112. The summed E-state index contributed by atoms with van der Waals surface area (Å²) in [6.07, 6.45) is 6.16. The average Bonchev–Trinajstić information content (AvgIpc) is 2.38. The van der Waals surface area contributed by atoms with Gasteiger partial charge < -0.3 is 4.90 Å². The number of nitrogens with zero attached hydrogens (tertiary/aromatic N) is 1. The quantitative estimate of drug-likeness (QED) is 0.742. The molecule has 1 aromatic rings. The summed E-state index contributed by atoms with van der Waals surface area (Å²) in [5, 5.41) is 0. The van der Waals surface area contributed by atoms with E-state index < -0.39 is 0 Å². The Bertz CT molecular complexity index is 388. The molecule has 0 bridgehead atoms. The van der Waals surface area contributed by atoms with E-state index in [1.807, 2.05) is 24.3 Å². The van der Waals surface area contributed by atoms with E-state index in [-0.39, 0.29) is 0 Å². The van der Waals surface area contributed by atoms with Gasteiger partial charge in [-0.3, -0.25) is 4.79 Å². The fourth-order valence-electron chi connectivity index (χ4n) is 2.96. The van der Waals surface area contributed by atoms with Crippen molar-refractivity contribution in [1.82, 2.24) is 0 Å². The van der Waals surface area contributed by atoms with Crippen LogP contribution in [0.2, 0.25) is 0 Å². The Morgan fingerprint density at radius 3 is 2.65 bits per heavy atom. The molecule has 1 aliphatic carbocycles. The first-order chi connectivity index (χ1) is 8.24. The maximum Gasteiger partial charge on any atom is 0.152 e. The van der Waals surface area contributed by atoms with Gasteiger partial charge in [0.25, 0.3) is 0 Å². The van der Waals surface area contributed by atoms with Crippen LogP contribution in [0.15, 0.2) is 24.3 Å². The van der Waals surface area contributed by atoms with Gasteiger partial charge in [-0.05, 0) is 30.9 Å². The third-order valence-electron chi connectivity index (χ3n) is 4.01. The van der Waals surface area contributed by atoms with E-state index in [2.05, 4.69) is 18.9 Å². The summed E-state index contributed by atoms with van der Waals surface area (Å²) in [5.41, 5.74) is 1.87. The van der Waals surface area contributed by atoms with Crippen LogP contribution in [0.1, 0.15) is 43.0 Å². The van der Waals surface area contributed by atoms with Crippen molar-refractivity contribution in [2.24, 2.45) is 5.92 Å². The second kappa shape index (κ2) is 5.35. The number of anilines is 1. The largest absolute Gasteiger partial charge is 0.371 e. The highest BCUT2D eigenvalue weighted by Crippen LogP contribution is 2.31. The average molecular weight is 231 g/mol. The Labute approximate surface area is 104 Å². The molecule has 1 fully saturated rings. The number of carbonyl (C=O) groups is 1. The number of hydrogen-bond donors (Lipinski definition) is 0. The van der Waals surface area contributed by atoms with Gasteiger partial charge in [0.2, 0.25) is 0 Å². The van der Waals surface area contributed by atoms with E-state index >= 15 is 0 Å². The summed E-state index contributed by atoms with van der Waals surface area (Å²) in [4.78, 5) is 13.4. The zero-order valence-electron chi connectivity index (χ0n) is 10.7. The lowest BCUT2D eigenvalue weighted by atomic mass is 9.84. The number of carbonyl (C=O) groups excluding carboxylic acids is 1. The summed E-state index contributed by atoms with van der Waals surface area (Å²) in [6.45, 7) is 2.32. The summed E-state index contributed by atoms with van der Waals surface area (Å²) < 4.78 is 0. The van der Waals surface area contributed by atoms with Crippen molar-refractivity contribution >= 4 is 12.0 Å². The van der Waals surface area contributed by atoms with Gasteiger partial charge in [0, 0.05) is 24.3 Å². The number of aldehydes is 1. The van der Waals surface area contributed by atoms with Crippen LogP contribution in [0, 0.1) is 5.92 Å². The molecule has 1 aromatic carbocycles. The van der Waals surface area contributed by atoms with Gasteiger partial charge in [0.1, 0.15) is 0 Å². The predicted octanol–water partition coefficient (Wildman–Crippen LogP) is 3.51. The number of benzene rings is 1. The van der Waals surface area contributed by atoms with Crippen molar-refractivity contribution in [1.29, 1.82) is 0 Å². The molecule has 0 heterocycles. The Balaban J connectivity index is 2.23. The van der Waals surface area contributed by atoms with Crippen LogP contribution >= 0.6 is 0 Å². The SMILES string of the molecule is CC1CCCCC1N(C)c1ccccc1C=O. The summed E-state index contributed by atoms with van der Waals surface area (Å²) in [5.74, 6) is 0.716. The molecular weight excluding hydrogens is 210 g/mol. The van der Waals surface area contributed by atoms with E-state index in [4.69, 9.17) is 0 Å². The lowest BCUT2D eigenvalue weighted by Gasteiger charge is -2.38. The van der Waals surface area contributed by atoms with Crippen LogP contribution in [0.5, 0.6) is 0 Å². The van der Waals surface area contributed by atoms with Crippen molar-refractivity contribution in [2.45, 2.75) is 38.6 Å². The van der Waals surface area contributed by atoms with Crippen molar-refractivity contribution < 1.29 is 4.79 Å². The Hall–Kier alpha value is -1.31. The second-order valence-electron chi connectivity index (χ2n) is 5.12. The van der Waals surface area contributed by atoms with Gasteiger partial charge in [-0.2, -0.15) is 0 Å². The molecule has 2 atom stereocenters. The highest BCUT2D eigenvalue weighted by Gasteiger charge is 2.25. The summed E-state index contributed by atoms with van der Waals surface area (Å²) >= 11 is 0. The van der Waals surface area contributed by atoms with Gasteiger partial charge in [-0.1, -0.05) is 31.9 Å². The van der Waals surface area contributed by atoms with Gasteiger partial charge in [-0.25, -0.2) is 0 Å². The van der Waals surface area contributed by atoms with Gasteiger partial charge in [0.15, 0.2) is 6.29 Å². The minimum absolute atomic E-state index is 0.574. The fourth-order valence-corrected chi connectivity index (χ4v) is 2.96. The fraction of sp³-hybridized carbons (Fsp3) is 0.533. The standard InChI is InChI=1S/C15H21NO/c1-12-7-3-5-9-14(12)16(2)15-10-6-4-8-13(15)11-17/h4,6,8,10-12,14H,3,5,7,9H2,1-2H3. The molecule has 0 N–H and O–H groups in total. The predicted molar refractivity (Wildman–Crippen MR) is 71.7 cm³/mol. The maximum atomic E-state index is 11.1. The molecule has 2 rings (SSSR count). The second-order valence-corrected chi connectivity index (χ2v) is 5.12. The molecule has 2 heteroatoms. The molecule has 0 spiro atoms. The van der Waals surface area contributed by atoms with Crippen LogP contribution in [0.3, 0.4) is 0 Å². The van der Waals surface area contributed by atoms with Crippen LogP contribution in [-0.4, -0.2) is 19.4 Å². The molecule has 2 nitrogen and oxygen atoms in total. The summed E-state index contributed by atoms with van der Waals surface area (Å²) in [6, 6.07) is 8.44. The topological polar surface area (TPSA) is 20.3 Å². The Morgan fingerprint density at radius 1 is 1.24 bits per heavy atom. The van der Waals surface area contributed by atoms with E-state index in [0.717, 1.165) is 17.5 Å². The van der Waals surface area contributed by atoms with Crippen LogP contribution in [0.25, 0.3) is 0 Å². The van der Waals surface area contributed by atoms with Gasteiger partial charge in [-0.15, -0.1) is 0 Å². The zero-order valence-corrected chi connectivity index (χ0v) is 10.7. The molecule has 0 aromatic heterocycles. The van der Waals surface area contributed by atoms with E-state index in [1.165, 1.54) is 25.7 Å². The van der Waals surface area contributed by atoms with Gasteiger partial charge in [0.05, 0.1) is 0 Å². The maximum absolute atomic E-state index is 11.1. The molecule has 0 saturated heterocycles. The van der Waals surface area contributed by atoms with E-state index in [1.54, 1.807) is 0 Å². The molecule has 1 saturated carbocycles. The zero-order chi connectivity index (χ0) is 12.3. The molecule has 1 aliphatic rings. The minimum atomic E-state index is 0.574. The van der Waals surface area contributed by atoms with E-state index in [9.17, 15) is 4.79 Å². The smallest absolute Gasteiger partial charge is 0.152 e. The third kappa shape index (κ3) is 2.51. The molecular formula is C15H21NO. The monoisotopic (exact) mass is 231 g/mol. The number of para-hydroxylation sites is 1. The normalized spacial score (nSPS) is 24.4. The van der Waals surface area contributed by atoms with E-state index in [0.29, 0.717) is 12.0 Å². The van der Waals surface area contributed by atoms with Crippen molar-refractivity contribution in [3.63, 3.8) is 0 Å². The van der Waals surface area contributed by atoms with Crippen LogP contribution in [-0.2, 0) is 0 Å². The third-order valence-corrected chi connectivity index (χ3v) is 4.01. The molecule has 92 valence electrons. The highest BCUT2D eigenvalue weighted by molar-refractivity contribution is 5.84.